The van der Waals surface area contributed by atoms with E-state index in [0.29, 0.717) is 5.41 Å². The first-order valence-electron chi connectivity index (χ1n) is 9.17. The molecule has 0 aromatic heterocycles. The summed E-state index contributed by atoms with van der Waals surface area (Å²) in [5.74, 6) is 6.50. The minimum Gasteiger partial charge on any atom is -0.0617 e. The van der Waals surface area contributed by atoms with E-state index in [2.05, 4.69) is 13.8 Å². The largest absolute Gasteiger partial charge is 0.0617 e. The highest BCUT2D eigenvalue weighted by Gasteiger charge is 2.51. The number of fused-ring (bicyclic) bond motifs is 6. The van der Waals surface area contributed by atoms with Crippen LogP contribution in [0.15, 0.2) is 0 Å². The van der Waals surface area contributed by atoms with E-state index in [9.17, 15) is 0 Å². The van der Waals surface area contributed by atoms with Crippen LogP contribution in [-0.4, -0.2) is 0 Å². The fraction of sp³-hybridized carbons (Fsp3) is 1.00. The van der Waals surface area contributed by atoms with Crippen molar-refractivity contribution in [2.45, 2.75) is 78.1 Å². The molecule has 0 heteroatoms. The van der Waals surface area contributed by atoms with Gasteiger partial charge in [0.25, 0.3) is 0 Å². The second kappa shape index (κ2) is 4.50. The normalized spacial score (nSPS) is 54.3. The maximum atomic E-state index is 2.69. The summed E-state index contributed by atoms with van der Waals surface area (Å²) in [6.07, 6.45) is 15.7. The van der Waals surface area contributed by atoms with Crippen molar-refractivity contribution < 1.29 is 0 Å². The van der Waals surface area contributed by atoms with Crippen LogP contribution < -0.4 is 0 Å². The topological polar surface area (TPSA) is 0 Å². The van der Waals surface area contributed by atoms with Gasteiger partial charge in [-0.25, -0.2) is 0 Å². The molecule has 0 heterocycles. The molecule has 3 atom stereocenters. The van der Waals surface area contributed by atoms with Crippen molar-refractivity contribution in [1.82, 2.24) is 0 Å². The first-order valence-corrected chi connectivity index (χ1v) is 9.17. The average Bonchev–Trinajstić information content (AvgIpc) is 2.48. The lowest BCUT2D eigenvalue weighted by Crippen LogP contribution is -2.49. The molecule has 0 radical (unpaired) electrons. The van der Waals surface area contributed by atoms with Crippen molar-refractivity contribution in [1.29, 1.82) is 0 Å². The minimum atomic E-state index is 0.712. The van der Waals surface area contributed by atoms with Gasteiger partial charge in [-0.3, -0.25) is 0 Å². The van der Waals surface area contributed by atoms with E-state index < -0.39 is 0 Å². The smallest absolute Gasteiger partial charge is 0.0266 e. The highest BCUT2D eigenvalue weighted by atomic mass is 14.6. The van der Waals surface area contributed by atoms with Crippen LogP contribution in [0.5, 0.6) is 0 Å². The van der Waals surface area contributed by atoms with E-state index in [-0.39, 0.29) is 0 Å². The Balaban J connectivity index is 1.55. The lowest BCUT2D eigenvalue weighted by molar-refractivity contribution is -0.0770. The quantitative estimate of drug-likeness (QED) is 0.600. The van der Waals surface area contributed by atoms with Crippen molar-refractivity contribution in [2.75, 3.05) is 0 Å². The van der Waals surface area contributed by atoms with Crippen LogP contribution in [0, 0.1) is 40.9 Å². The summed E-state index contributed by atoms with van der Waals surface area (Å²) in [6, 6.07) is 0. The summed E-state index contributed by atoms with van der Waals surface area (Å²) < 4.78 is 0. The van der Waals surface area contributed by atoms with Crippen molar-refractivity contribution in [3.63, 3.8) is 0 Å². The fourth-order valence-electron chi connectivity index (χ4n) is 6.90. The molecule has 6 aliphatic carbocycles. The Hall–Kier alpha value is 0. The number of hydrogen-bond acceptors (Lipinski definition) is 0. The van der Waals surface area contributed by atoms with Gasteiger partial charge in [0.1, 0.15) is 0 Å². The Morgan fingerprint density at radius 2 is 1.47 bits per heavy atom. The van der Waals surface area contributed by atoms with Crippen LogP contribution in [0.1, 0.15) is 78.1 Å². The van der Waals surface area contributed by atoms with Gasteiger partial charge in [-0.05, 0) is 79.4 Å². The van der Waals surface area contributed by atoms with Gasteiger partial charge < -0.3 is 0 Å². The Kier molecular flexibility index (Phi) is 3.01. The zero-order chi connectivity index (χ0) is 13.0. The summed E-state index contributed by atoms with van der Waals surface area (Å²) in [7, 11) is 0. The Morgan fingerprint density at radius 1 is 0.842 bits per heavy atom. The van der Waals surface area contributed by atoms with E-state index in [1.54, 1.807) is 64.2 Å². The van der Waals surface area contributed by atoms with Gasteiger partial charge in [0.15, 0.2) is 0 Å². The molecule has 0 aliphatic heterocycles. The van der Waals surface area contributed by atoms with Gasteiger partial charge in [-0.2, -0.15) is 0 Å². The van der Waals surface area contributed by atoms with Crippen LogP contribution in [0.3, 0.4) is 0 Å². The third kappa shape index (κ3) is 1.92. The molecular formula is C19H32. The summed E-state index contributed by atoms with van der Waals surface area (Å²) in [4.78, 5) is 0. The van der Waals surface area contributed by atoms with Crippen LogP contribution in [0.25, 0.3) is 0 Å². The predicted octanol–water partition coefficient (Wildman–Crippen LogP) is 5.67. The summed E-state index contributed by atoms with van der Waals surface area (Å²) in [5.41, 5.74) is 0.712. The minimum absolute atomic E-state index is 0.712. The van der Waals surface area contributed by atoms with Crippen molar-refractivity contribution in [3.8, 4) is 0 Å². The first kappa shape index (κ1) is 12.7. The Bertz CT molecular complexity index is 330. The third-order valence-electron chi connectivity index (χ3n) is 8.29. The summed E-state index contributed by atoms with van der Waals surface area (Å²) in [6.45, 7) is 5.35. The number of rotatable bonds is 2. The van der Waals surface area contributed by atoms with Crippen molar-refractivity contribution >= 4 is 0 Å². The van der Waals surface area contributed by atoms with Crippen molar-refractivity contribution in [3.05, 3.63) is 0 Å². The zero-order valence-corrected chi connectivity index (χ0v) is 13.0. The Labute approximate surface area is 119 Å². The van der Waals surface area contributed by atoms with Crippen LogP contribution in [-0.2, 0) is 0 Å². The molecule has 0 saturated heterocycles. The van der Waals surface area contributed by atoms with E-state index in [0.717, 1.165) is 35.5 Å². The van der Waals surface area contributed by atoms with Crippen LogP contribution in [0.4, 0.5) is 0 Å². The van der Waals surface area contributed by atoms with Gasteiger partial charge in [-0.1, -0.05) is 39.5 Å². The summed E-state index contributed by atoms with van der Waals surface area (Å²) >= 11 is 0. The molecule has 0 N–H and O–H groups in total. The lowest BCUT2D eigenvalue weighted by atomic mass is 9.48. The monoisotopic (exact) mass is 260 g/mol. The highest BCUT2D eigenvalue weighted by Crippen LogP contribution is 2.60. The Morgan fingerprint density at radius 3 is 1.95 bits per heavy atom. The van der Waals surface area contributed by atoms with Gasteiger partial charge in [0.05, 0.1) is 0 Å². The molecule has 108 valence electrons. The van der Waals surface area contributed by atoms with E-state index in [1.165, 1.54) is 0 Å². The molecule has 19 heavy (non-hydrogen) atoms. The predicted molar refractivity (Wildman–Crippen MR) is 80.9 cm³/mol. The van der Waals surface area contributed by atoms with Gasteiger partial charge in [-0.15, -0.1) is 0 Å². The highest BCUT2D eigenvalue weighted by molar-refractivity contribution is 5.01. The standard InChI is InChI=1S/C19H32/c1-13(18-11-14-3-7-16(18)8-4-14)19(2)12-15-5-9-17(19)10-6-15/h13-18H,3-12H2,1-2H3. The fourth-order valence-corrected chi connectivity index (χ4v) is 6.90. The molecule has 0 aromatic rings. The molecule has 3 unspecified atom stereocenters. The molecule has 6 saturated carbocycles. The molecule has 6 rings (SSSR count). The molecule has 6 fully saturated rings. The van der Waals surface area contributed by atoms with E-state index >= 15 is 0 Å². The molecule has 0 spiro atoms. The zero-order valence-electron chi connectivity index (χ0n) is 13.0. The second-order valence-corrected chi connectivity index (χ2v) is 8.90. The average molecular weight is 260 g/mol. The maximum Gasteiger partial charge on any atom is -0.0266 e. The SMILES string of the molecule is CC(C1CC2CCC1CC2)C1(C)CC2CCC1CC2. The van der Waals surface area contributed by atoms with Gasteiger partial charge >= 0.3 is 0 Å². The lowest BCUT2D eigenvalue weighted by Gasteiger charge is -2.57. The molecule has 4 bridgehead atoms. The first-order chi connectivity index (χ1) is 9.17. The summed E-state index contributed by atoms with van der Waals surface area (Å²) in [5, 5.41) is 0. The van der Waals surface area contributed by atoms with Gasteiger partial charge in [0.2, 0.25) is 0 Å². The molecular weight excluding hydrogens is 228 g/mol. The number of hydrogen-bond donors (Lipinski definition) is 0. The van der Waals surface area contributed by atoms with Crippen LogP contribution in [0.2, 0.25) is 0 Å². The van der Waals surface area contributed by atoms with Gasteiger partial charge in [0, 0.05) is 0 Å². The van der Waals surface area contributed by atoms with E-state index in [4.69, 9.17) is 0 Å². The third-order valence-corrected chi connectivity index (χ3v) is 8.29. The molecule has 0 amide bonds. The molecule has 0 nitrogen and oxygen atoms in total. The molecule has 6 aliphatic rings. The van der Waals surface area contributed by atoms with Crippen LogP contribution >= 0.6 is 0 Å². The second-order valence-electron chi connectivity index (χ2n) is 8.90. The van der Waals surface area contributed by atoms with Crippen molar-refractivity contribution in [2.24, 2.45) is 40.9 Å². The molecule has 0 aromatic carbocycles. The van der Waals surface area contributed by atoms with E-state index in [1.807, 2.05) is 0 Å². The maximum absolute atomic E-state index is 2.69.